The topological polar surface area (TPSA) is 17.3 Å². The van der Waals surface area contributed by atoms with E-state index in [1.54, 1.807) is 12.1 Å². The maximum Gasteiger partial charge on any atom is 0.123 e. The van der Waals surface area contributed by atoms with Gasteiger partial charge in [-0.3, -0.25) is 4.99 Å². The molecule has 0 unspecified atom stereocenters. The summed E-state index contributed by atoms with van der Waals surface area (Å²) in [6.07, 6.45) is 1.91. The summed E-state index contributed by atoms with van der Waals surface area (Å²) in [7, 11) is 0. The van der Waals surface area contributed by atoms with Crippen molar-refractivity contribution in [2.45, 2.75) is 27.7 Å². The predicted molar refractivity (Wildman–Crippen MR) is 98.4 cm³/mol. The van der Waals surface area contributed by atoms with Gasteiger partial charge in [-0.1, -0.05) is 12.1 Å². The highest BCUT2D eigenvalue weighted by atomic mass is 19.1. The molecule has 1 heterocycles. The zero-order valence-corrected chi connectivity index (χ0v) is 14.5. The van der Waals surface area contributed by atoms with Gasteiger partial charge in [0.25, 0.3) is 0 Å². The van der Waals surface area contributed by atoms with Crippen LogP contribution in [0.1, 0.15) is 28.1 Å². The fraction of sp³-hybridized carbons (Fsp3) is 0.190. The van der Waals surface area contributed by atoms with Crippen LogP contribution in [0.2, 0.25) is 0 Å². The van der Waals surface area contributed by atoms with Crippen LogP contribution >= 0.6 is 0 Å². The van der Waals surface area contributed by atoms with Crippen LogP contribution in [0.4, 0.5) is 10.1 Å². The maximum absolute atomic E-state index is 13.2. The Bertz CT molecular complexity index is 902. The summed E-state index contributed by atoms with van der Waals surface area (Å²) in [4.78, 5) is 4.66. The third-order valence-electron chi connectivity index (χ3n) is 4.47. The van der Waals surface area contributed by atoms with Gasteiger partial charge in [0.2, 0.25) is 0 Å². The van der Waals surface area contributed by atoms with Gasteiger partial charge in [0, 0.05) is 28.9 Å². The molecule has 1 aromatic heterocycles. The lowest BCUT2D eigenvalue weighted by Crippen LogP contribution is -1.99. The van der Waals surface area contributed by atoms with Gasteiger partial charge in [-0.15, -0.1) is 0 Å². The first-order valence-corrected chi connectivity index (χ1v) is 8.02. The van der Waals surface area contributed by atoms with Crippen molar-refractivity contribution in [3.63, 3.8) is 0 Å². The first-order valence-electron chi connectivity index (χ1n) is 8.02. The van der Waals surface area contributed by atoms with E-state index in [1.807, 2.05) is 25.3 Å². The number of aryl methyl sites for hydroxylation is 2. The van der Waals surface area contributed by atoms with Crippen LogP contribution in [0.25, 0.3) is 5.69 Å². The van der Waals surface area contributed by atoms with Gasteiger partial charge in [0.1, 0.15) is 5.82 Å². The summed E-state index contributed by atoms with van der Waals surface area (Å²) in [5.74, 6) is -0.224. The van der Waals surface area contributed by atoms with E-state index >= 15 is 0 Å². The van der Waals surface area contributed by atoms with Crippen LogP contribution in [0.5, 0.6) is 0 Å². The molecule has 0 radical (unpaired) electrons. The Balaban J connectivity index is 1.98. The Labute approximate surface area is 142 Å². The van der Waals surface area contributed by atoms with Gasteiger partial charge < -0.3 is 4.57 Å². The van der Waals surface area contributed by atoms with Crippen molar-refractivity contribution >= 4 is 11.9 Å². The van der Waals surface area contributed by atoms with Crippen molar-refractivity contribution in [3.05, 3.63) is 82.4 Å². The lowest BCUT2D eigenvalue weighted by molar-refractivity contribution is 0.627. The SMILES string of the molecule is Cc1cccc(N=Cc2cc(C)n(-c3ccc(F)cc3)c2C)c1C. The second-order valence-electron chi connectivity index (χ2n) is 6.12. The molecule has 3 rings (SSSR count). The van der Waals surface area contributed by atoms with Gasteiger partial charge in [0.05, 0.1) is 5.69 Å². The molecule has 0 spiro atoms. The minimum atomic E-state index is -0.224. The van der Waals surface area contributed by atoms with Crippen molar-refractivity contribution < 1.29 is 4.39 Å². The largest absolute Gasteiger partial charge is 0.318 e. The van der Waals surface area contributed by atoms with E-state index in [2.05, 4.69) is 42.5 Å². The number of halogens is 1. The summed E-state index contributed by atoms with van der Waals surface area (Å²) in [6, 6.07) is 14.8. The van der Waals surface area contributed by atoms with Crippen LogP contribution in [-0.4, -0.2) is 10.8 Å². The third kappa shape index (κ3) is 3.02. The summed E-state index contributed by atoms with van der Waals surface area (Å²) in [5.41, 5.74) is 7.63. The summed E-state index contributed by atoms with van der Waals surface area (Å²) < 4.78 is 15.3. The molecule has 0 amide bonds. The molecule has 24 heavy (non-hydrogen) atoms. The van der Waals surface area contributed by atoms with E-state index in [0.717, 1.165) is 28.3 Å². The number of benzene rings is 2. The normalized spacial score (nSPS) is 11.4. The second-order valence-corrected chi connectivity index (χ2v) is 6.12. The minimum absolute atomic E-state index is 0.224. The average molecular weight is 320 g/mol. The van der Waals surface area contributed by atoms with Crippen molar-refractivity contribution in [2.75, 3.05) is 0 Å². The monoisotopic (exact) mass is 320 g/mol. The molecule has 0 bridgehead atoms. The van der Waals surface area contributed by atoms with Crippen molar-refractivity contribution in [3.8, 4) is 5.69 Å². The zero-order valence-electron chi connectivity index (χ0n) is 14.5. The van der Waals surface area contributed by atoms with Crippen molar-refractivity contribution in [1.82, 2.24) is 4.57 Å². The minimum Gasteiger partial charge on any atom is -0.318 e. The van der Waals surface area contributed by atoms with E-state index in [4.69, 9.17) is 0 Å². The quantitative estimate of drug-likeness (QED) is 0.559. The van der Waals surface area contributed by atoms with E-state index in [9.17, 15) is 4.39 Å². The van der Waals surface area contributed by atoms with Crippen LogP contribution in [-0.2, 0) is 0 Å². The number of aliphatic imine (C=N–C) groups is 1. The molecule has 2 aromatic carbocycles. The number of hydrogen-bond donors (Lipinski definition) is 0. The number of nitrogens with zero attached hydrogens (tertiary/aromatic N) is 2. The third-order valence-corrected chi connectivity index (χ3v) is 4.47. The summed E-state index contributed by atoms with van der Waals surface area (Å²) in [5, 5.41) is 0. The molecule has 0 aliphatic heterocycles. The van der Waals surface area contributed by atoms with Gasteiger partial charge >= 0.3 is 0 Å². The van der Waals surface area contributed by atoms with E-state index in [0.29, 0.717) is 0 Å². The Kier molecular flexibility index (Phi) is 4.34. The fourth-order valence-corrected chi connectivity index (χ4v) is 2.92. The van der Waals surface area contributed by atoms with Gasteiger partial charge in [-0.2, -0.15) is 0 Å². The molecule has 0 fully saturated rings. The number of aromatic nitrogens is 1. The smallest absolute Gasteiger partial charge is 0.123 e. The number of rotatable bonds is 3. The molecule has 0 saturated heterocycles. The van der Waals surface area contributed by atoms with Crippen LogP contribution in [0, 0.1) is 33.5 Å². The highest BCUT2D eigenvalue weighted by molar-refractivity contribution is 5.84. The average Bonchev–Trinajstić information content (AvgIpc) is 2.84. The van der Waals surface area contributed by atoms with Crippen molar-refractivity contribution in [2.24, 2.45) is 4.99 Å². The molecular weight excluding hydrogens is 299 g/mol. The number of hydrogen-bond acceptors (Lipinski definition) is 1. The fourth-order valence-electron chi connectivity index (χ4n) is 2.92. The predicted octanol–water partition coefficient (Wildman–Crippen LogP) is 5.60. The first kappa shape index (κ1) is 16.2. The molecule has 122 valence electrons. The second kappa shape index (κ2) is 6.44. The van der Waals surface area contributed by atoms with E-state index in [1.165, 1.54) is 23.3 Å². The van der Waals surface area contributed by atoms with Crippen LogP contribution < -0.4 is 0 Å². The Morgan fingerprint density at radius 3 is 2.38 bits per heavy atom. The highest BCUT2D eigenvalue weighted by Gasteiger charge is 2.09. The molecular formula is C21H21FN2. The van der Waals surface area contributed by atoms with Crippen molar-refractivity contribution in [1.29, 1.82) is 0 Å². The van der Waals surface area contributed by atoms with Gasteiger partial charge in [-0.05, 0) is 75.2 Å². The molecule has 3 heteroatoms. The molecule has 0 saturated carbocycles. The molecule has 0 N–H and O–H groups in total. The zero-order chi connectivity index (χ0) is 17.3. The lowest BCUT2D eigenvalue weighted by atomic mass is 10.1. The highest BCUT2D eigenvalue weighted by Crippen LogP contribution is 2.23. The summed E-state index contributed by atoms with van der Waals surface area (Å²) in [6.45, 7) is 8.28. The van der Waals surface area contributed by atoms with Gasteiger partial charge in [-0.25, -0.2) is 4.39 Å². The Morgan fingerprint density at radius 1 is 0.958 bits per heavy atom. The molecule has 2 nitrogen and oxygen atoms in total. The molecule has 0 aliphatic carbocycles. The van der Waals surface area contributed by atoms with Crippen LogP contribution in [0.15, 0.2) is 53.5 Å². The van der Waals surface area contributed by atoms with Gasteiger partial charge in [0.15, 0.2) is 0 Å². The van der Waals surface area contributed by atoms with E-state index < -0.39 is 0 Å². The molecule has 0 aliphatic rings. The first-order chi connectivity index (χ1) is 11.5. The Morgan fingerprint density at radius 2 is 1.67 bits per heavy atom. The standard InChI is InChI=1S/C21H21FN2/c1-14-6-5-7-21(16(14)3)23-13-18-12-15(2)24(17(18)4)20-10-8-19(22)9-11-20/h5-13H,1-4H3. The van der Waals surface area contributed by atoms with Crippen LogP contribution in [0.3, 0.4) is 0 Å². The molecule has 0 atom stereocenters. The molecule has 3 aromatic rings. The lowest BCUT2D eigenvalue weighted by Gasteiger charge is -2.09. The summed E-state index contributed by atoms with van der Waals surface area (Å²) >= 11 is 0. The van der Waals surface area contributed by atoms with E-state index in [-0.39, 0.29) is 5.82 Å². The Hall–Kier alpha value is -2.68. The maximum atomic E-state index is 13.2.